The highest BCUT2D eigenvalue weighted by Gasteiger charge is 2.11. The molecule has 0 spiro atoms. The number of nitrogens with zero attached hydrogens (tertiary/aromatic N) is 2. The Morgan fingerprint density at radius 1 is 1.20 bits per heavy atom. The summed E-state index contributed by atoms with van der Waals surface area (Å²) in [7, 11) is 1.55. The van der Waals surface area contributed by atoms with E-state index in [0.29, 0.717) is 34.2 Å². The summed E-state index contributed by atoms with van der Waals surface area (Å²) in [5.41, 5.74) is 8.16. The number of aromatic nitrogens is 1. The van der Waals surface area contributed by atoms with Crippen molar-refractivity contribution in [2.24, 2.45) is 0 Å². The fraction of sp³-hybridized carbons (Fsp3) is 0.200. The molecule has 102 valence electrons. The van der Waals surface area contributed by atoms with Gasteiger partial charge >= 0.3 is 0 Å². The Morgan fingerprint density at radius 2 is 1.95 bits per heavy atom. The van der Waals surface area contributed by atoms with Crippen molar-refractivity contribution in [1.29, 1.82) is 5.26 Å². The summed E-state index contributed by atoms with van der Waals surface area (Å²) in [6.07, 6.45) is 0. The van der Waals surface area contributed by atoms with Gasteiger partial charge in [-0.25, -0.2) is 0 Å². The Balaban J connectivity index is 2.40. The molecule has 0 aliphatic carbocycles. The maximum Gasteiger partial charge on any atom is 0.148 e. The molecule has 5 nitrogen and oxygen atoms in total. The van der Waals surface area contributed by atoms with Crippen LogP contribution in [-0.2, 0) is 0 Å². The van der Waals surface area contributed by atoms with Gasteiger partial charge in [-0.15, -0.1) is 0 Å². The van der Waals surface area contributed by atoms with E-state index in [1.165, 1.54) is 0 Å². The van der Waals surface area contributed by atoms with Crippen LogP contribution in [0, 0.1) is 25.2 Å². The normalized spacial score (nSPS) is 9.90. The van der Waals surface area contributed by atoms with E-state index < -0.39 is 0 Å². The van der Waals surface area contributed by atoms with Gasteiger partial charge in [0.25, 0.3) is 0 Å². The van der Waals surface area contributed by atoms with Crippen LogP contribution in [-0.4, -0.2) is 12.1 Å². The van der Waals surface area contributed by atoms with Gasteiger partial charge in [0.05, 0.1) is 18.5 Å². The molecule has 2 aromatic rings. The van der Waals surface area contributed by atoms with E-state index in [1.807, 2.05) is 6.92 Å². The molecule has 20 heavy (non-hydrogen) atoms. The number of anilines is 1. The number of rotatable bonds is 3. The van der Waals surface area contributed by atoms with Crippen LogP contribution in [0.4, 0.5) is 5.69 Å². The summed E-state index contributed by atoms with van der Waals surface area (Å²) in [4.78, 5) is 4.24. The average Bonchev–Trinajstić information content (AvgIpc) is 2.38. The molecule has 0 bridgehead atoms. The second-order valence-electron chi connectivity index (χ2n) is 4.34. The third kappa shape index (κ3) is 2.64. The quantitative estimate of drug-likeness (QED) is 0.866. The summed E-state index contributed by atoms with van der Waals surface area (Å²) in [6, 6.07) is 8.95. The fourth-order valence-electron chi connectivity index (χ4n) is 1.91. The van der Waals surface area contributed by atoms with Gasteiger partial charge in [-0.05, 0) is 26.0 Å². The van der Waals surface area contributed by atoms with Gasteiger partial charge in [-0.3, -0.25) is 4.98 Å². The minimum atomic E-state index is 0.421. The number of hydrogen-bond acceptors (Lipinski definition) is 5. The number of benzene rings is 1. The maximum atomic E-state index is 9.19. The smallest absolute Gasteiger partial charge is 0.148 e. The van der Waals surface area contributed by atoms with Crippen molar-refractivity contribution >= 4 is 5.69 Å². The lowest BCUT2D eigenvalue weighted by Crippen LogP contribution is -1.97. The minimum Gasteiger partial charge on any atom is -0.495 e. The molecule has 1 aromatic heterocycles. The van der Waals surface area contributed by atoms with Gasteiger partial charge in [0.15, 0.2) is 0 Å². The molecule has 0 fully saturated rings. The molecule has 0 unspecified atom stereocenters. The summed E-state index contributed by atoms with van der Waals surface area (Å²) in [5.74, 6) is 1.60. The molecule has 1 aromatic carbocycles. The van der Waals surface area contributed by atoms with E-state index in [2.05, 4.69) is 11.1 Å². The van der Waals surface area contributed by atoms with Crippen molar-refractivity contribution in [2.75, 3.05) is 12.8 Å². The second-order valence-corrected chi connectivity index (χ2v) is 4.34. The van der Waals surface area contributed by atoms with Gasteiger partial charge in [-0.2, -0.15) is 5.26 Å². The summed E-state index contributed by atoms with van der Waals surface area (Å²) < 4.78 is 10.8. The molecule has 2 rings (SSSR count). The summed E-state index contributed by atoms with van der Waals surface area (Å²) in [5, 5.41) is 9.19. The van der Waals surface area contributed by atoms with E-state index in [1.54, 1.807) is 38.3 Å². The van der Waals surface area contributed by atoms with Crippen molar-refractivity contribution in [1.82, 2.24) is 4.98 Å². The van der Waals surface area contributed by atoms with Crippen LogP contribution in [0.15, 0.2) is 24.3 Å². The third-order valence-corrected chi connectivity index (χ3v) is 2.83. The summed E-state index contributed by atoms with van der Waals surface area (Å²) >= 11 is 0. The first-order valence-corrected chi connectivity index (χ1v) is 6.05. The largest absolute Gasteiger partial charge is 0.495 e. The molecule has 0 saturated carbocycles. The molecule has 2 N–H and O–H groups in total. The van der Waals surface area contributed by atoms with Crippen LogP contribution in [0.3, 0.4) is 0 Å². The predicted octanol–water partition coefficient (Wildman–Crippen LogP) is 2.95. The van der Waals surface area contributed by atoms with Crippen molar-refractivity contribution in [2.45, 2.75) is 13.8 Å². The zero-order valence-corrected chi connectivity index (χ0v) is 11.6. The molecule has 0 saturated heterocycles. The van der Waals surface area contributed by atoms with Crippen molar-refractivity contribution in [3.63, 3.8) is 0 Å². The zero-order chi connectivity index (χ0) is 14.7. The molecule has 0 radical (unpaired) electrons. The van der Waals surface area contributed by atoms with Gasteiger partial charge < -0.3 is 15.2 Å². The SMILES string of the molecule is COc1ccc(Oc2cc(C)nc(C)c2C#N)cc1N. The molecule has 5 heteroatoms. The van der Waals surface area contributed by atoms with Gasteiger partial charge in [0.2, 0.25) is 0 Å². The highest BCUT2D eigenvalue weighted by atomic mass is 16.5. The molecule has 0 aliphatic heterocycles. The van der Waals surface area contributed by atoms with Crippen LogP contribution in [0.25, 0.3) is 0 Å². The number of aryl methyl sites for hydroxylation is 2. The average molecular weight is 269 g/mol. The molecule has 0 aliphatic rings. The van der Waals surface area contributed by atoms with Gasteiger partial charge in [-0.1, -0.05) is 0 Å². The Hall–Kier alpha value is -2.74. The number of pyridine rings is 1. The van der Waals surface area contributed by atoms with E-state index in [-0.39, 0.29) is 0 Å². The fourth-order valence-corrected chi connectivity index (χ4v) is 1.91. The first-order valence-electron chi connectivity index (χ1n) is 6.05. The van der Waals surface area contributed by atoms with Crippen molar-refractivity contribution in [3.8, 4) is 23.3 Å². The van der Waals surface area contributed by atoms with E-state index in [0.717, 1.165) is 5.69 Å². The Labute approximate surface area is 117 Å². The molecular formula is C15H15N3O2. The molecular weight excluding hydrogens is 254 g/mol. The number of nitriles is 1. The standard InChI is InChI=1S/C15H15N3O2/c1-9-6-15(12(8-16)10(2)18-9)20-11-4-5-14(19-3)13(17)7-11/h4-7H,17H2,1-3H3. The van der Waals surface area contributed by atoms with E-state index in [4.69, 9.17) is 15.2 Å². The molecule has 0 atom stereocenters. The number of hydrogen-bond donors (Lipinski definition) is 1. The highest BCUT2D eigenvalue weighted by Crippen LogP contribution is 2.31. The molecule has 0 amide bonds. The monoisotopic (exact) mass is 269 g/mol. The van der Waals surface area contributed by atoms with Crippen LogP contribution in [0.5, 0.6) is 17.2 Å². The Bertz CT molecular complexity index is 690. The Kier molecular flexibility index (Phi) is 3.76. The maximum absolute atomic E-state index is 9.19. The van der Waals surface area contributed by atoms with Crippen molar-refractivity contribution < 1.29 is 9.47 Å². The van der Waals surface area contributed by atoms with E-state index in [9.17, 15) is 5.26 Å². The lowest BCUT2D eigenvalue weighted by Gasteiger charge is -2.11. The first-order chi connectivity index (χ1) is 9.55. The van der Waals surface area contributed by atoms with Gasteiger partial charge in [0, 0.05) is 17.8 Å². The van der Waals surface area contributed by atoms with Crippen LogP contribution in [0.2, 0.25) is 0 Å². The second kappa shape index (κ2) is 5.49. The Morgan fingerprint density at radius 3 is 2.55 bits per heavy atom. The summed E-state index contributed by atoms with van der Waals surface area (Å²) in [6.45, 7) is 3.63. The number of methoxy groups -OCH3 is 1. The lowest BCUT2D eigenvalue weighted by molar-refractivity contribution is 0.415. The third-order valence-electron chi connectivity index (χ3n) is 2.83. The van der Waals surface area contributed by atoms with E-state index >= 15 is 0 Å². The van der Waals surface area contributed by atoms with Crippen LogP contribution < -0.4 is 15.2 Å². The molecule has 1 heterocycles. The minimum absolute atomic E-state index is 0.421. The topological polar surface area (TPSA) is 81.2 Å². The van der Waals surface area contributed by atoms with Crippen LogP contribution >= 0.6 is 0 Å². The first kappa shape index (κ1) is 13.7. The number of nitrogen functional groups attached to an aromatic ring is 1. The lowest BCUT2D eigenvalue weighted by atomic mass is 10.2. The van der Waals surface area contributed by atoms with Crippen LogP contribution in [0.1, 0.15) is 17.0 Å². The van der Waals surface area contributed by atoms with Gasteiger partial charge in [0.1, 0.15) is 28.9 Å². The zero-order valence-electron chi connectivity index (χ0n) is 11.6. The number of nitrogens with two attached hydrogens (primary N) is 1. The predicted molar refractivity (Wildman–Crippen MR) is 75.9 cm³/mol. The number of ether oxygens (including phenoxy) is 2. The highest BCUT2D eigenvalue weighted by molar-refractivity contribution is 5.57. The van der Waals surface area contributed by atoms with Crippen molar-refractivity contribution in [3.05, 3.63) is 41.2 Å².